The number of urea groups is 1. The number of halogens is 7. The van der Waals surface area contributed by atoms with Gasteiger partial charge < -0.3 is 10.1 Å². The minimum atomic E-state index is -4.89. The van der Waals surface area contributed by atoms with Crippen molar-refractivity contribution in [3.05, 3.63) is 95.1 Å². The van der Waals surface area contributed by atoms with Gasteiger partial charge in [-0.2, -0.15) is 13.2 Å². The van der Waals surface area contributed by atoms with Gasteiger partial charge in [0, 0.05) is 36.9 Å². The van der Waals surface area contributed by atoms with E-state index < -0.39 is 35.4 Å². The highest BCUT2D eigenvalue weighted by molar-refractivity contribution is 5.95. The van der Waals surface area contributed by atoms with Gasteiger partial charge in [0.15, 0.2) is 0 Å². The van der Waals surface area contributed by atoms with E-state index in [0.717, 1.165) is 23.9 Å². The van der Waals surface area contributed by atoms with Crippen LogP contribution in [0.25, 0.3) is 6.08 Å². The molecule has 1 saturated heterocycles. The lowest BCUT2D eigenvalue weighted by Gasteiger charge is -2.39. The summed E-state index contributed by atoms with van der Waals surface area (Å²) in [7, 11) is 0. The van der Waals surface area contributed by atoms with E-state index in [2.05, 4.69) is 19.9 Å². The van der Waals surface area contributed by atoms with Crippen LogP contribution in [-0.2, 0) is 18.1 Å². The maximum Gasteiger partial charge on any atom is 0.573 e. The predicted molar refractivity (Wildman–Crippen MR) is 145 cm³/mol. The van der Waals surface area contributed by atoms with Crippen LogP contribution in [-0.4, -0.2) is 48.5 Å². The first-order chi connectivity index (χ1) is 20.3. The quantitative estimate of drug-likeness (QED) is 0.309. The van der Waals surface area contributed by atoms with Gasteiger partial charge in [0.2, 0.25) is 0 Å². The summed E-state index contributed by atoms with van der Waals surface area (Å²) in [6, 6.07) is 11.5. The lowest BCUT2D eigenvalue weighted by molar-refractivity contribution is -0.274. The molecule has 3 aromatic rings. The van der Waals surface area contributed by atoms with E-state index in [9.17, 15) is 35.5 Å². The molecule has 228 valence electrons. The van der Waals surface area contributed by atoms with E-state index in [4.69, 9.17) is 0 Å². The third-order valence-corrected chi connectivity index (χ3v) is 7.69. The Balaban J connectivity index is 1.30. The molecule has 3 heterocycles. The minimum Gasteiger partial charge on any atom is -0.406 e. The SMILES string of the molecule is O=C(NCc1ccnc(C(F)(F)F)c1)N1CC2(CCN(CC=Cc3ccc(F)cc3)CC2)c2cc(OC(F)(F)F)ccc21. The summed E-state index contributed by atoms with van der Waals surface area (Å²) in [5.74, 6) is -0.719. The number of likely N-dealkylation sites (tertiary alicyclic amines) is 1. The Morgan fingerprint density at radius 3 is 2.40 bits per heavy atom. The second kappa shape index (κ2) is 11.9. The molecule has 0 radical (unpaired) electrons. The smallest absolute Gasteiger partial charge is 0.406 e. The van der Waals surface area contributed by atoms with Crippen LogP contribution < -0.4 is 15.0 Å². The molecule has 0 saturated carbocycles. The number of rotatable bonds is 6. The number of alkyl halides is 6. The van der Waals surface area contributed by atoms with Crippen LogP contribution in [0.4, 0.5) is 41.2 Å². The molecule has 13 heteroatoms. The van der Waals surface area contributed by atoms with Gasteiger partial charge in [-0.05, 0) is 85.1 Å². The fourth-order valence-corrected chi connectivity index (χ4v) is 5.54. The zero-order valence-corrected chi connectivity index (χ0v) is 22.7. The van der Waals surface area contributed by atoms with Crippen LogP contribution in [0.3, 0.4) is 0 Å². The van der Waals surface area contributed by atoms with Crippen molar-refractivity contribution in [2.24, 2.45) is 0 Å². The fourth-order valence-electron chi connectivity index (χ4n) is 5.54. The summed E-state index contributed by atoms with van der Waals surface area (Å²) in [6.45, 7) is 1.79. The van der Waals surface area contributed by atoms with Crippen molar-refractivity contribution >= 4 is 17.8 Å². The molecule has 0 unspecified atom stereocenters. The summed E-state index contributed by atoms with van der Waals surface area (Å²) >= 11 is 0. The Bertz CT molecular complexity index is 1480. The zero-order chi connectivity index (χ0) is 30.8. The molecule has 43 heavy (non-hydrogen) atoms. The highest BCUT2D eigenvalue weighted by Crippen LogP contribution is 2.48. The van der Waals surface area contributed by atoms with Crippen molar-refractivity contribution in [1.82, 2.24) is 15.2 Å². The highest BCUT2D eigenvalue weighted by atomic mass is 19.4. The van der Waals surface area contributed by atoms with Crippen LogP contribution in [0.2, 0.25) is 0 Å². The number of nitrogens with zero attached hydrogens (tertiary/aromatic N) is 3. The third-order valence-electron chi connectivity index (χ3n) is 7.69. The lowest BCUT2D eigenvalue weighted by Crippen LogP contribution is -2.47. The van der Waals surface area contributed by atoms with Crippen molar-refractivity contribution in [3.8, 4) is 5.75 Å². The van der Waals surface area contributed by atoms with Crippen molar-refractivity contribution < 1.29 is 40.3 Å². The van der Waals surface area contributed by atoms with Gasteiger partial charge in [-0.15, -0.1) is 13.2 Å². The number of hydrogen-bond acceptors (Lipinski definition) is 4. The summed E-state index contributed by atoms with van der Waals surface area (Å²) in [5, 5.41) is 2.63. The van der Waals surface area contributed by atoms with E-state index in [1.165, 1.54) is 35.2 Å². The van der Waals surface area contributed by atoms with Crippen molar-refractivity contribution in [1.29, 1.82) is 0 Å². The second-order valence-electron chi connectivity index (χ2n) is 10.6. The summed E-state index contributed by atoms with van der Waals surface area (Å²) in [5.41, 5.74) is 0.285. The number of ether oxygens (including phenoxy) is 1. The Morgan fingerprint density at radius 2 is 1.72 bits per heavy atom. The average molecular weight is 609 g/mol. The van der Waals surface area contributed by atoms with E-state index >= 15 is 0 Å². The fraction of sp³-hybridized carbons (Fsp3) is 0.333. The van der Waals surface area contributed by atoms with Crippen LogP contribution in [0.15, 0.2) is 66.9 Å². The molecule has 1 aromatic heterocycles. The number of nitrogens with one attached hydrogen (secondary N) is 1. The zero-order valence-electron chi connectivity index (χ0n) is 22.7. The van der Waals surface area contributed by atoms with Gasteiger partial charge >= 0.3 is 18.6 Å². The molecular weight excluding hydrogens is 581 g/mol. The molecule has 2 aliphatic heterocycles. The molecule has 0 atom stereocenters. The standard InChI is InChI=1S/C30H27F7N4O2/c31-22-5-3-20(4-6-22)2-1-13-40-14-10-28(11-15-40)19-41(25-8-7-23(17-24(25)28)43-30(35,36)37)27(42)39-18-21-9-12-38-26(16-21)29(32,33)34/h1-9,12,16-17H,10-11,13-15,18-19H2,(H,39,42). The number of piperidine rings is 1. The Morgan fingerprint density at radius 1 is 1.00 bits per heavy atom. The molecule has 1 N–H and O–H groups in total. The van der Waals surface area contributed by atoms with Gasteiger partial charge in [-0.1, -0.05) is 24.3 Å². The Kier molecular flexibility index (Phi) is 8.37. The molecule has 2 aromatic carbocycles. The number of carbonyl (C=O) groups is 1. The number of amides is 2. The summed E-state index contributed by atoms with van der Waals surface area (Å²) < 4.78 is 95.5. The highest BCUT2D eigenvalue weighted by Gasteiger charge is 2.47. The van der Waals surface area contributed by atoms with Crippen LogP contribution in [0.5, 0.6) is 5.75 Å². The van der Waals surface area contributed by atoms with Gasteiger partial charge in [0.1, 0.15) is 17.3 Å². The number of fused-ring (bicyclic) bond motifs is 2. The van der Waals surface area contributed by atoms with E-state index in [-0.39, 0.29) is 24.5 Å². The predicted octanol–water partition coefficient (Wildman–Crippen LogP) is 6.91. The van der Waals surface area contributed by atoms with Gasteiger partial charge in [-0.25, -0.2) is 9.18 Å². The first-order valence-corrected chi connectivity index (χ1v) is 13.4. The van der Waals surface area contributed by atoms with Gasteiger partial charge in [-0.3, -0.25) is 14.8 Å². The normalized spacial score (nSPS) is 17.0. The average Bonchev–Trinajstić information content (AvgIpc) is 3.26. The lowest BCUT2D eigenvalue weighted by atomic mass is 9.74. The van der Waals surface area contributed by atoms with Gasteiger partial charge in [0.05, 0.1) is 0 Å². The number of pyridine rings is 1. The van der Waals surface area contributed by atoms with Gasteiger partial charge in [0.25, 0.3) is 0 Å². The molecule has 0 bridgehead atoms. The molecule has 1 fully saturated rings. The van der Waals surface area contributed by atoms with E-state index in [1.807, 2.05) is 12.2 Å². The molecular formula is C30H27F7N4O2. The maximum atomic E-state index is 13.3. The molecule has 1 spiro atoms. The van der Waals surface area contributed by atoms with Crippen LogP contribution in [0.1, 0.15) is 35.2 Å². The largest absolute Gasteiger partial charge is 0.573 e. The molecule has 6 nitrogen and oxygen atoms in total. The van der Waals surface area contributed by atoms with Crippen molar-refractivity contribution in [2.45, 2.75) is 37.3 Å². The van der Waals surface area contributed by atoms with E-state index in [1.54, 1.807) is 12.1 Å². The minimum absolute atomic E-state index is 0.188. The van der Waals surface area contributed by atoms with Crippen molar-refractivity contribution in [3.63, 3.8) is 0 Å². The van der Waals surface area contributed by atoms with Crippen LogP contribution in [0, 0.1) is 5.82 Å². The molecule has 2 amide bonds. The van der Waals surface area contributed by atoms with Crippen molar-refractivity contribution in [2.75, 3.05) is 31.1 Å². The monoisotopic (exact) mass is 608 g/mol. The molecule has 0 aliphatic carbocycles. The maximum absolute atomic E-state index is 13.3. The molecule has 5 rings (SSSR count). The topological polar surface area (TPSA) is 57.7 Å². The first-order valence-electron chi connectivity index (χ1n) is 13.4. The first kappa shape index (κ1) is 30.3. The number of hydrogen-bond donors (Lipinski definition) is 1. The van der Waals surface area contributed by atoms with E-state index in [0.29, 0.717) is 43.7 Å². The number of aromatic nitrogens is 1. The summed E-state index contributed by atoms with van der Waals surface area (Å²) in [4.78, 5) is 20.2. The Labute approximate surface area is 242 Å². The molecule has 2 aliphatic rings. The third kappa shape index (κ3) is 7.27. The van der Waals surface area contributed by atoms with Crippen LogP contribution >= 0.6 is 0 Å². The number of carbonyl (C=O) groups excluding carboxylic acids is 1. The number of benzene rings is 2. The summed E-state index contributed by atoms with van der Waals surface area (Å²) in [6.07, 6.45) is -3.60. The Hall–Kier alpha value is -4.13. The number of anilines is 1. The second-order valence-corrected chi connectivity index (χ2v) is 10.6.